The molecule has 6 amide bonds. The molecule has 3 heterocycles. The highest BCUT2D eigenvalue weighted by Gasteiger charge is 2.33. The summed E-state index contributed by atoms with van der Waals surface area (Å²) in [4.78, 5) is 83.8. The number of aromatic hydroxyl groups is 4. The first-order valence-corrected chi connectivity index (χ1v) is 33.3. The predicted molar refractivity (Wildman–Crippen MR) is 388 cm³/mol. The van der Waals surface area contributed by atoms with Gasteiger partial charge in [-0.05, 0) is 113 Å². The van der Waals surface area contributed by atoms with Crippen molar-refractivity contribution in [3.05, 3.63) is 176 Å². The number of aliphatic hydroxyl groups excluding tert-OH is 2. The molecule has 548 valence electrons. The summed E-state index contributed by atoms with van der Waals surface area (Å²) in [5.41, 5.74) is 15.1. The Bertz CT molecular complexity index is 3710. The molecular weight excluding hydrogens is 1310 g/mol. The topological polar surface area (TPSA) is 386 Å². The molecule has 0 spiro atoms. The molecule has 3 aliphatic rings. The van der Waals surface area contributed by atoms with E-state index < -0.39 is 119 Å². The highest BCUT2D eigenvalue weighted by molar-refractivity contribution is 6.10. The fourth-order valence-electron chi connectivity index (χ4n) is 12.3. The Labute approximate surface area is 594 Å². The van der Waals surface area contributed by atoms with Gasteiger partial charge in [0.1, 0.15) is 35.2 Å². The Morgan fingerprint density at radius 3 is 1.20 bits per heavy atom. The average Bonchev–Trinajstić information content (AvgIpc) is 0.820. The largest absolute Gasteiger partial charge is 0.506 e. The molecule has 4 aromatic carbocycles. The number of allylic oxidation sites excluding steroid dienone is 4. The highest BCUT2D eigenvalue weighted by Crippen LogP contribution is 2.45. The number of phenols is 4. The minimum atomic E-state index is -1.11. The predicted octanol–water partition coefficient (Wildman–Crippen LogP) is 9.70. The Hall–Kier alpha value is -9.90. The number of phenolic OH excluding ortho intramolecular Hbond substituents is 4. The molecule has 14 N–H and O–H groups in total. The molecule has 0 radical (unpaired) electrons. The summed E-state index contributed by atoms with van der Waals surface area (Å²) in [6.45, 7) is 17.5. The van der Waals surface area contributed by atoms with Gasteiger partial charge in [0.15, 0.2) is 12.2 Å². The Kier molecular flexibility index (Phi) is 28.5. The number of carbonyl (C=O) groups is 6. The molecule has 1 saturated heterocycles. The molecule has 0 saturated carbocycles. The summed E-state index contributed by atoms with van der Waals surface area (Å²) in [5, 5.41) is 80.9. The number of primary amides is 2. The van der Waals surface area contributed by atoms with Gasteiger partial charge < -0.3 is 91.8 Å². The van der Waals surface area contributed by atoms with Crippen molar-refractivity contribution < 1.29 is 87.8 Å². The zero-order chi connectivity index (χ0) is 74.8. The van der Waals surface area contributed by atoms with E-state index >= 15 is 0 Å². The van der Waals surface area contributed by atoms with Crippen molar-refractivity contribution in [2.24, 2.45) is 23.3 Å². The number of methoxy groups -OCH3 is 4. The molecule has 7 rings (SSSR count). The number of hydrogen-bond donors (Lipinski definition) is 12. The highest BCUT2D eigenvalue weighted by atomic mass is 16.6. The monoisotopic (exact) mass is 1410 g/mol. The molecule has 26 heteroatoms. The quantitative estimate of drug-likeness (QED) is 0.0317. The smallest absolute Gasteiger partial charge is 0.405 e. The third-order valence-electron chi connectivity index (χ3n) is 18.2. The van der Waals surface area contributed by atoms with E-state index in [4.69, 9.17) is 39.9 Å². The van der Waals surface area contributed by atoms with Gasteiger partial charge in [0.05, 0.1) is 47.2 Å². The molecule has 1 fully saturated rings. The molecule has 0 aliphatic carbocycles. The van der Waals surface area contributed by atoms with Crippen LogP contribution in [0.25, 0.3) is 12.2 Å². The zero-order valence-electron chi connectivity index (χ0n) is 59.6. The minimum Gasteiger partial charge on any atom is -0.506 e. The number of hydrogen-bond acceptors (Lipinski definition) is 20. The number of nitrogens with one attached hydrogen (secondary N) is 4. The molecule has 102 heavy (non-hydrogen) atoms. The summed E-state index contributed by atoms with van der Waals surface area (Å²) in [7, 11) is 5.69. The van der Waals surface area contributed by atoms with Gasteiger partial charge in [-0.25, -0.2) is 9.59 Å². The third-order valence-corrected chi connectivity index (χ3v) is 18.2. The van der Waals surface area contributed by atoms with E-state index in [1.165, 1.54) is 78.7 Å². The molecule has 10 atom stereocenters. The third kappa shape index (κ3) is 21.1. The van der Waals surface area contributed by atoms with E-state index in [2.05, 4.69) is 31.1 Å². The second-order valence-corrected chi connectivity index (χ2v) is 26.0. The van der Waals surface area contributed by atoms with Crippen molar-refractivity contribution in [1.82, 2.24) is 9.80 Å². The fourth-order valence-corrected chi connectivity index (χ4v) is 12.3. The van der Waals surface area contributed by atoms with Crippen LogP contribution < -0.4 is 32.7 Å². The second kappa shape index (κ2) is 36.6. The van der Waals surface area contributed by atoms with Crippen molar-refractivity contribution in [1.29, 1.82) is 0 Å². The number of piperazine rings is 1. The number of anilines is 4. The van der Waals surface area contributed by atoms with Gasteiger partial charge in [-0.2, -0.15) is 0 Å². The summed E-state index contributed by atoms with van der Waals surface area (Å²) < 4.78 is 33.7. The van der Waals surface area contributed by atoms with Gasteiger partial charge in [0, 0.05) is 125 Å². The van der Waals surface area contributed by atoms with Crippen LogP contribution in [0.3, 0.4) is 0 Å². The van der Waals surface area contributed by atoms with E-state index in [0.717, 1.165) is 49.4 Å². The maximum absolute atomic E-state index is 14.1. The van der Waals surface area contributed by atoms with Crippen molar-refractivity contribution in [2.75, 3.05) is 75.9 Å². The van der Waals surface area contributed by atoms with Crippen LogP contribution in [-0.4, -0.2) is 180 Å². The van der Waals surface area contributed by atoms with Crippen molar-refractivity contribution in [3.63, 3.8) is 0 Å². The van der Waals surface area contributed by atoms with Gasteiger partial charge in [0.25, 0.3) is 23.6 Å². The van der Waals surface area contributed by atoms with Crippen LogP contribution in [0.2, 0.25) is 0 Å². The van der Waals surface area contributed by atoms with Crippen LogP contribution in [0.15, 0.2) is 143 Å². The van der Waals surface area contributed by atoms with E-state index in [1.54, 1.807) is 90.1 Å². The molecule has 0 unspecified atom stereocenters. The summed E-state index contributed by atoms with van der Waals surface area (Å²) in [6, 6.07) is 16.3. The van der Waals surface area contributed by atoms with E-state index in [1.807, 2.05) is 24.3 Å². The Morgan fingerprint density at radius 2 is 0.882 bits per heavy atom. The van der Waals surface area contributed by atoms with Crippen LogP contribution in [0.5, 0.6) is 23.0 Å². The van der Waals surface area contributed by atoms with Gasteiger partial charge >= 0.3 is 12.2 Å². The number of aliphatic hydroxyl groups is 2. The van der Waals surface area contributed by atoms with Gasteiger partial charge in [-0.15, -0.1) is 0 Å². The van der Waals surface area contributed by atoms with E-state index in [0.29, 0.717) is 35.4 Å². The van der Waals surface area contributed by atoms with Crippen molar-refractivity contribution >= 4 is 70.7 Å². The van der Waals surface area contributed by atoms with Crippen LogP contribution in [-0.2, 0) is 51.1 Å². The van der Waals surface area contributed by atoms with Crippen LogP contribution in [0.1, 0.15) is 111 Å². The molecular formula is C76H96N8O18. The lowest BCUT2D eigenvalue weighted by molar-refractivity contribution is -0.113. The SMILES string of the molecule is CO[C@H]1C=CC=C(C)C(=O)Nc2cc(O)c(NC(=O)c3ccc(CN4CCN(Cc5ccc(C(=O)Nc6c(O)cc7c(O)c6C=C(C)C[C@H](OC)[C@H](O)[C@@H](C)C=C(C)[C@H](OC(N)=O)[C@@H](OC)C=CC=C(C)C(=O)N7)cc5)CC4)cc3)c(c2O)C=C(C)C[C@H](OC)[C@H](O)[C@@H](C)C=C(C)[C@@H]1OC(N)=O. The molecule has 3 aliphatic heterocycles. The maximum atomic E-state index is 14.1. The van der Waals surface area contributed by atoms with Crippen LogP contribution in [0, 0.1) is 11.8 Å². The standard InChI is InChI=1S/C76H96N8O18/c1-41-31-53-63(57(85)37-55(67(53)89)79-71(91)43(3)15-13-17-59(97-9)69(101-75(77)95)47(7)35-45(5)65(87)61(33-41)99-11)81-73(93)51-23-19-49(20-24-51)39-83-27-29-84(30-28-83)40-50-21-25-52(26-22-50)74(94)82-64-54-32-42(2)34-62(100-12)66(88)46(6)36-48(8)70(102-76(78)96)60(98-10)18-14-16-44(4)72(92)80-56(68(54)90)38-58(64)86/h13-26,31-32,35-38,45-46,59-62,65-66,69-70,85-90H,27-30,33-34,39-40H2,1-12H3,(H2,77,95)(H2,78,96)(H,79,91)(H,80,92)(H,81,93)(H,82,94)/t45-,46-,59-,60-,61-,62-,65+,66+,69-,70-/m0/s1. The van der Waals surface area contributed by atoms with Crippen LogP contribution in [0.4, 0.5) is 32.3 Å². The Balaban J connectivity index is 1.01. The first kappa shape index (κ1) is 79.4. The number of rotatable bonds is 14. The number of fused-ring (bicyclic) bond motifs is 4. The molecule has 4 aromatic rings. The zero-order valence-corrected chi connectivity index (χ0v) is 59.6. The lowest BCUT2D eigenvalue weighted by Crippen LogP contribution is -2.45. The summed E-state index contributed by atoms with van der Waals surface area (Å²) >= 11 is 0. The Morgan fingerprint density at radius 1 is 0.539 bits per heavy atom. The lowest BCUT2D eigenvalue weighted by atomic mass is 9.91. The fraction of sp³-hybridized carbons (Fsp3) is 0.395. The molecule has 0 aromatic heterocycles. The summed E-state index contributed by atoms with van der Waals surface area (Å²) in [5.74, 6) is -5.47. The minimum absolute atomic E-state index is 0.0265. The van der Waals surface area contributed by atoms with Crippen molar-refractivity contribution in [2.45, 2.75) is 130 Å². The molecule has 26 nitrogen and oxygen atoms in total. The number of amides is 6. The number of carbonyl (C=O) groups excluding carboxylic acids is 6. The number of nitrogens with zero attached hydrogens (tertiary/aromatic N) is 2. The number of nitrogens with two attached hydrogens (primary N) is 2. The van der Waals surface area contributed by atoms with E-state index in [-0.39, 0.29) is 69.0 Å². The van der Waals surface area contributed by atoms with E-state index in [9.17, 15) is 59.4 Å². The first-order chi connectivity index (χ1) is 48.4. The van der Waals surface area contributed by atoms with Gasteiger partial charge in [0.2, 0.25) is 0 Å². The summed E-state index contributed by atoms with van der Waals surface area (Å²) in [6.07, 6.45) is 6.18. The lowest BCUT2D eigenvalue weighted by Gasteiger charge is -2.34. The normalized spacial score (nSPS) is 23.4. The number of benzene rings is 4. The maximum Gasteiger partial charge on any atom is 0.405 e. The van der Waals surface area contributed by atoms with Gasteiger partial charge in [-0.3, -0.25) is 29.0 Å². The average molecular weight is 1410 g/mol. The van der Waals surface area contributed by atoms with Crippen LogP contribution >= 0.6 is 0 Å². The second-order valence-electron chi connectivity index (χ2n) is 26.0. The molecule has 4 bridgehead atoms. The van der Waals surface area contributed by atoms with Crippen molar-refractivity contribution in [3.8, 4) is 23.0 Å². The van der Waals surface area contributed by atoms with Gasteiger partial charge in [-0.1, -0.05) is 97.9 Å². The first-order valence-electron chi connectivity index (χ1n) is 33.3. The number of ether oxygens (including phenoxy) is 6.